The van der Waals surface area contributed by atoms with Gasteiger partial charge in [-0.2, -0.15) is 0 Å². The molecular weight excluding hydrogens is 456 g/mol. The molecular formula is C24H18N4O5S. The lowest BCUT2D eigenvalue weighted by molar-refractivity contribution is -0.385. The van der Waals surface area contributed by atoms with E-state index in [1.165, 1.54) is 30.6 Å². The van der Waals surface area contributed by atoms with Crippen LogP contribution >= 0.6 is 11.3 Å². The molecule has 1 aromatic heterocycles. The first-order valence-corrected chi connectivity index (χ1v) is 10.9. The van der Waals surface area contributed by atoms with E-state index in [1.807, 2.05) is 18.2 Å². The Hall–Kier alpha value is -4.57. The van der Waals surface area contributed by atoms with Crippen LogP contribution in [0.4, 0.5) is 16.5 Å². The summed E-state index contributed by atoms with van der Waals surface area (Å²) in [6.45, 7) is 0. The van der Waals surface area contributed by atoms with Gasteiger partial charge in [-0.1, -0.05) is 30.3 Å². The molecule has 2 N–H and O–H groups in total. The van der Waals surface area contributed by atoms with Crippen LogP contribution in [0.2, 0.25) is 0 Å². The van der Waals surface area contributed by atoms with Gasteiger partial charge in [0.2, 0.25) is 0 Å². The number of hydrogen-bond donors (Lipinski definition) is 2. The minimum atomic E-state index is -0.608. The molecule has 0 radical (unpaired) electrons. The average molecular weight is 474 g/mol. The first-order valence-electron chi connectivity index (χ1n) is 10.0. The van der Waals surface area contributed by atoms with Crippen LogP contribution in [-0.2, 0) is 0 Å². The maximum Gasteiger partial charge on any atom is 0.311 e. The summed E-state index contributed by atoms with van der Waals surface area (Å²) >= 11 is 1.23. The number of benzene rings is 3. The summed E-state index contributed by atoms with van der Waals surface area (Å²) in [7, 11) is 1.32. The predicted octanol–water partition coefficient (Wildman–Crippen LogP) is 5.23. The second kappa shape index (κ2) is 9.92. The van der Waals surface area contributed by atoms with Gasteiger partial charge in [0.25, 0.3) is 11.8 Å². The monoisotopic (exact) mass is 474 g/mol. The molecule has 0 spiro atoms. The second-order valence-corrected chi connectivity index (χ2v) is 7.89. The molecule has 0 aliphatic rings. The van der Waals surface area contributed by atoms with Crippen molar-refractivity contribution in [2.75, 3.05) is 17.7 Å². The minimum absolute atomic E-state index is 0.0708. The predicted molar refractivity (Wildman–Crippen MR) is 130 cm³/mol. The first kappa shape index (κ1) is 22.6. The van der Waals surface area contributed by atoms with E-state index in [9.17, 15) is 19.7 Å². The van der Waals surface area contributed by atoms with Crippen molar-refractivity contribution in [1.82, 2.24) is 4.98 Å². The van der Waals surface area contributed by atoms with Crippen LogP contribution in [0, 0.1) is 10.1 Å². The maximum atomic E-state index is 12.6. The molecule has 4 rings (SSSR count). The van der Waals surface area contributed by atoms with Crippen molar-refractivity contribution >= 4 is 39.7 Å². The van der Waals surface area contributed by atoms with Crippen LogP contribution in [0.25, 0.3) is 11.3 Å². The lowest BCUT2D eigenvalue weighted by atomic mass is 10.1. The number of carbonyl (C=O) groups is 2. The van der Waals surface area contributed by atoms with Crippen LogP contribution in [0.15, 0.2) is 78.2 Å². The minimum Gasteiger partial charge on any atom is -0.490 e. The molecule has 0 aliphatic heterocycles. The molecule has 34 heavy (non-hydrogen) atoms. The zero-order valence-corrected chi connectivity index (χ0v) is 18.7. The number of aromatic nitrogens is 1. The van der Waals surface area contributed by atoms with E-state index in [0.717, 1.165) is 11.6 Å². The van der Waals surface area contributed by atoms with Gasteiger partial charge in [0.15, 0.2) is 10.9 Å². The standard InChI is InChI=1S/C24H18N4O5S/c1-33-21-12-9-17(13-20(21)28(31)32)23(30)27-24-26-19(14-34-24)15-7-10-18(11-8-15)25-22(29)16-5-3-2-4-6-16/h2-14H,1H3,(H,25,29)(H,26,27,30). The van der Waals surface area contributed by atoms with E-state index in [0.29, 0.717) is 22.1 Å². The lowest BCUT2D eigenvalue weighted by Gasteiger charge is -2.06. The Morgan fingerprint density at radius 1 is 0.941 bits per heavy atom. The fourth-order valence-electron chi connectivity index (χ4n) is 3.12. The smallest absolute Gasteiger partial charge is 0.311 e. The van der Waals surface area contributed by atoms with Gasteiger partial charge in [0.05, 0.1) is 17.7 Å². The Bertz CT molecular complexity index is 1350. The third kappa shape index (κ3) is 5.08. The number of hydrogen-bond acceptors (Lipinski definition) is 7. The van der Waals surface area contributed by atoms with Gasteiger partial charge < -0.3 is 10.1 Å². The van der Waals surface area contributed by atoms with E-state index >= 15 is 0 Å². The molecule has 2 amide bonds. The van der Waals surface area contributed by atoms with Gasteiger partial charge in [-0.15, -0.1) is 11.3 Å². The summed E-state index contributed by atoms with van der Waals surface area (Å²) in [4.78, 5) is 39.8. The van der Waals surface area contributed by atoms with Gasteiger partial charge in [-0.25, -0.2) is 4.98 Å². The highest BCUT2D eigenvalue weighted by molar-refractivity contribution is 7.14. The fraction of sp³-hybridized carbons (Fsp3) is 0.0417. The van der Waals surface area contributed by atoms with Crippen LogP contribution in [0.1, 0.15) is 20.7 Å². The largest absolute Gasteiger partial charge is 0.490 e. The van der Waals surface area contributed by atoms with Crippen LogP contribution in [0.5, 0.6) is 5.75 Å². The Kier molecular flexibility index (Phi) is 6.60. The number of ether oxygens (including phenoxy) is 1. The molecule has 9 nitrogen and oxygen atoms in total. The van der Waals surface area contributed by atoms with Crippen molar-refractivity contribution in [1.29, 1.82) is 0 Å². The summed E-state index contributed by atoms with van der Waals surface area (Å²) < 4.78 is 4.96. The van der Waals surface area contributed by atoms with E-state index in [1.54, 1.807) is 41.8 Å². The first-order chi connectivity index (χ1) is 16.4. The third-order valence-corrected chi connectivity index (χ3v) is 5.59. The van der Waals surface area contributed by atoms with Crippen molar-refractivity contribution in [2.45, 2.75) is 0 Å². The highest BCUT2D eigenvalue weighted by Crippen LogP contribution is 2.29. The summed E-state index contributed by atoms with van der Waals surface area (Å²) in [5.74, 6) is -0.655. The number of methoxy groups -OCH3 is 1. The summed E-state index contributed by atoms with van der Waals surface area (Å²) in [6, 6.07) is 20.0. The molecule has 1 heterocycles. The van der Waals surface area contributed by atoms with E-state index in [4.69, 9.17) is 4.74 Å². The zero-order chi connectivity index (χ0) is 24.1. The normalized spacial score (nSPS) is 10.4. The van der Waals surface area contributed by atoms with Crippen molar-refractivity contribution in [3.8, 4) is 17.0 Å². The van der Waals surface area contributed by atoms with Gasteiger partial charge in [-0.05, 0) is 36.4 Å². The summed E-state index contributed by atoms with van der Waals surface area (Å²) in [5, 5.41) is 18.8. The Morgan fingerprint density at radius 3 is 2.32 bits per heavy atom. The number of amides is 2. The third-order valence-electron chi connectivity index (χ3n) is 4.84. The van der Waals surface area contributed by atoms with Crippen molar-refractivity contribution in [3.05, 3.63) is 99.4 Å². The van der Waals surface area contributed by atoms with Crippen molar-refractivity contribution < 1.29 is 19.2 Å². The highest BCUT2D eigenvalue weighted by atomic mass is 32.1. The molecule has 0 fully saturated rings. The number of nitrogens with one attached hydrogen (secondary N) is 2. The van der Waals surface area contributed by atoms with E-state index < -0.39 is 10.8 Å². The average Bonchev–Trinajstić information content (AvgIpc) is 3.33. The molecule has 0 bridgehead atoms. The number of nitro benzene ring substituents is 1. The number of rotatable bonds is 7. The Balaban J connectivity index is 1.43. The number of nitro groups is 1. The molecule has 0 saturated heterocycles. The molecule has 0 atom stereocenters. The quantitative estimate of drug-likeness (QED) is 0.279. The van der Waals surface area contributed by atoms with Gasteiger partial charge >= 0.3 is 5.69 Å². The van der Waals surface area contributed by atoms with Crippen LogP contribution in [-0.4, -0.2) is 28.8 Å². The highest BCUT2D eigenvalue weighted by Gasteiger charge is 2.19. The molecule has 10 heteroatoms. The second-order valence-electron chi connectivity index (χ2n) is 7.03. The van der Waals surface area contributed by atoms with Gasteiger partial charge in [0.1, 0.15) is 0 Å². The molecule has 170 valence electrons. The van der Waals surface area contributed by atoms with Crippen LogP contribution < -0.4 is 15.4 Å². The number of anilines is 2. The molecule has 0 saturated carbocycles. The number of nitrogens with zero attached hydrogens (tertiary/aromatic N) is 2. The lowest BCUT2D eigenvalue weighted by Crippen LogP contribution is -2.12. The molecule has 0 aliphatic carbocycles. The maximum absolute atomic E-state index is 12.6. The molecule has 0 unspecified atom stereocenters. The molecule has 3 aromatic carbocycles. The van der Waals surface area contributed by atoms with Gasteiger partial charge in [0, 0.05) is 33.8 Å². The zero-order valence-electron chi connectivity index (χ0n) is 17.8. The topological polar surface area (TPSA) is 123 Å². The van der Waals surface area contributed by atoms with Gasteiger partial charge in [-0.3, -0.25) is 25.0 Å². The number of carbonyl (C=O) groups excluding carboxylic acids is 2. The van der Waals surface area contributed by atoms with Crippen molar-refractivity contribution in [2.24, 2.45) is 0 Å². The van der Waals surface area contributed by atoms with E-state index in [2.05, 4.69) is 15.6 Å². The molecule has 4 aromatic rings. The summed E-state index contributed by atoms with van der Waals surface area (Å²) in [6.07, 6.45) is 0. The summed E-state index contributed by atoms with van der Waals surface area (Å²) in [5.41, 5.74) is 2.46. The fourth-order valence-corrected chi connectivity index (χ4v) is 3.84. The number of thiazole rings is 1. The van der Waals surface area contributed by atoms with Crippen LogP contribution in [0.3, 0.4) is 0 Å². The van der Waals surface area contributed by atoms with E-state index in [-0.39, 0.29) is 22.9 Å². The SMILES string of the molecule is COc1ccc(C(=O)Nc2nc(-c3ccc(NC(=O)c4ccccc4)cc3)cs2)cc1[N+](=O)[O-]. The van der Waals surface area contributed by atoms with Crippen molar-refractivity contribution in [3.63, 3.8) is 0 Å². The Morgan fingerprint density at radius 2 is 1.65 bits per heavy atom. The Labute approximate surface area is 198 Å².